The number of para-hydroxylation sites is 1. The topological polar surface area (TPSA) is 29.9 Å². The van der Waals surface area contributed by atoms with Crippen LogP contribution in [0.25, 0.3) is 0 Å². The van der Waals surface area contributed by atoms with Crippen LogP contribution in [0, 0.1) is 6.92 Å². The SMILES string of the molecule is CCn1nc(C)c(Br)c1CNc1ccccc1Cl. The van der Waals surface area contributed by atoms with Gasteiger partial charge in [0.15, 0.2) is 0 Å². The highest BCUT2D eigenvalue weighted by Crippen LogP contribution is 2.24. The highest BCUT2D eigenvalue weighted by molar-refractivity contribution is 9.10. The van der Waals surface area contributed by atoms with E-state index in [4.69, 9.17) is 11.6 Å². The van der Waals surface area contributed by atoms with Crippen molar-refractivity contribution < 1.29 is 0 Å². The first kappa shape index (κ1) is 13.4. The lowest BCUT2D eigenvalue weighted by molar-refractivity contribution is 0.622. The Labute approximate surface area is 120 Å². The van der Waals surface area contributed by atoms with Crippen LogP contribution < -0.4 is 5.32 Å². The number of benzene rings is 1. The van der Waals surface area contributed by atoms with Crippen molar-refractivity contribution in [3.05, 3.63) is 45.1 Å². The van der Waals surface area contributed by atoms with Crippen LogP contribution in [-0.4, -0.2) is 9.78 Å². The minimum atomic E-state index is 0.693. The predicted molar refractivity (Wildman–Crippen MR) is 79.1 cm³/mol. The van der Waals surface area contributed by atoms with Gasteiger partial charge in [-0.25, -0.2) is 0 Å². The average Bonchev–Trinajstić information content (AvgIpc) is 2.65. The molecule has 2 rings (SSSR count). The molecular weight excluding hydrogens is 314 g/mol. The van der Waals surface area contributed by atoms with E-state index in [1.807, 2.05) is 35.9 Å². The summed E-state index contributed by atoms with van der Waals surface area (Å²) in [6.45, 7) is 5.62. The standard InChI is InChI=1S/C13H15BrClN3/c1-3-18-12(13(14)9(2)17-18)8-16-11-7-5-4-6-10(11)15/h4-7,16H,3,8H2,1-2H3. The number of aryl methyl sites for hydroxylation is 2. The highest BCUT2D eigenvalue weighted by atomic mass is 79.9. The van der Waals surface area contributed by atoms with Crippen LogP contribution in [0.15, 0.2) is 28.7 Å². The molecule has 0 atom stereocenters. The molecular formula is C13H15BrClN3. The quantitative estimate of drug-likeness (QED) is 0.910. The Kier molecular flexibility index (Phi) is 4.30. The molecule has 0 fully saturated rings. The molecule has 96 valence electrons. The maximum absolute atomic E-state index is 6.11. The summed E-state index contributed by atoms with van der Waals surface area (Å²) in [5.41, 5.74) is 3.08. The molecule has 0 unspecified atom stereocenters. The molecule has 1 N–H and O–H groups in total. The van der Waals surface area contributed by atoms with Gasteiger partial charge < -0.3 is 5.32 Å². The van der Waals surface area contributed by atoms with E-state index in [0.29, 0.717) is 6.54 Å². The Hall–Kier alpha value is -1.00. The number of halogens is 2. The molecule has 0 aliphatic heterocycles. The summed E-state index contributed by atoms with van der Waals surface area (Å²) in [5, 5.41) is 8.53. The summed E-state index contributed by atoms with van der Waals surface area (Å²) >= 11 is 9.69. The van der Waals surface area contributed by atoms with E-state index in [9.17, 15) is 0 Å². The molecule has 0 bridgehead atoms. The van der Waals surface area contributed by atoms with Gasteiger partial charge in [0.25, 0.3) is 0 Å². The minimum Gasteiger partial charge on any atom is -0.378 e. The summed E-state index contributed by atoms with van der Waals surface area (Å²) in [4.78, 5) is 0. The molecule has 1 heterocycles. The highest BCUT2D eigenvalue weighted by Gasteiger charge is 2.11. The van der Waals surface area contributed by atoms with Crippen LogP contribution in [-0.2, 0) is 13.1 Å². The fourth-order valence-corrected chi connectivity index (χ4v) is 2.45. The van der Waals surface area contributed by atoms with Crippen molar-refractivity contribution >= 4 is 33.2 Å². The Morgan fingerprint density at radius 1 is 1.39 bits per heavy atom. The summed E-state index contributed by atoms with van der Waals surface area (Å²) in [6, 6.07) is 7.73. The van der Waals surface area contributed by atoms with E-state index in [0.717, 1.165) is 33.1 Å². The van der Waals surface area contributed by atoms with Crippen molar-refractivity contribution in [3.8, 4) is 0 Å². The number of nitrogens with one attached hydrogen (secondary N) is 1. The van der Waals surface area contributed by atoms with Crippen molar-refractivity contribution in [2.45, 2.75) is 26.9 Å². The molecule has 0 saturated carbocycles. The molecule has 2 aromatic rings. The number of nitrogens with zero attached hydrogens (tertiary/aromatic N) is 2. The zero-order chi connectivity index (χ0) is 13.1. The normalized spacial score (nSPS) is 10.7. The smallest absolute Gasteiger partial charge is 0.0739 e. The van der Waals surface area contributed by atoms with E-state index in [1.165, 1.54) is 0 Å². The first-order valence-corrected chi connectivity index (χ1v) is 7.00. The fourth-order valence-electron chi connectivity index (χ4n) is 1.82. The summed E-state index contributed by atoms with van der Waals surface area (Å²) in [5.74, 6) is 0. The van der Waals surface area contributed by atoms with Crippen LogP contribution in [0.4, 0.5) is 5.69 Å². The third kappa shape index (κ3) is 2.70. The summed E-state index contributed by atoms with van der Waals surface area (Å²) < 4.78 is 3.05. The molecule has 0 saturated heterocycles. The average molecular weight is 329 g/mol. The maximum atomic E-state index is 6.11. The van der Waals surface area contributed by atoms with Crippen molar-refractivity contribution in [1.82, 2.24) is 9.78 Å². The Bertz CT molecular complexity index is 551. The minimum absolute atomic E-state index is 0.693. The molecule has 3 nitrogen and oxygen atoms in total. The van der Waals surface area contributed by atoms with Gasteiger partial charge in [-0.2, -0.15) is 5.10 Å². The Balaban J connectivity index is 2.18. The fraction of sp³-hybridized carbons (Fsp3) is 0.308. The van der Waals surface area contributed by atoms with Crippen LogP contribution >= 0.6 is 27.5 Å². The Morgan fingerprint density at radius 3 is 2.78 bits per heavy atom. The van der Waals surface area contributed by atoms with E-state index in [-0.39, 0.29) is 0 Å². The third-order valence-corrected chi connectivity index (χ3v) is 4.13. The molecule has 1 aromatic heterocycles. The van der Waals surface area contributed by atoms with Gasteiger partial charge in [-0.3, -0.25) is 4.68 Å². The molecule has 5 heteroatoms. The van der Waals surface area contributed by atoms with Gasteiger partial charge in [0, 0.05) is 6.54 Å². The lowest BCUT2D eigenvalue weighted by Crippen LogP contribution is -2.08. The third-order valence-electron chi connectivity index (χ3n) is 2.77. The van der Waals surface area contributed by atoms with Crippen molar-refractivity contribution in [3.63, 3.8) is 0 Å². The van der Waals surface area contributed by atoms with E-state index >= 15 is 0 Å². The molecule has 1 aromatic carbocycles. The van der Waals surface area contributed by atoms with Crippen molar-refractivity contribution in [1.29, 1.82) is 0 Å². The zero-order valence-electron chi connectivity index (χ0n) is 10.4. The summed E-state index contributed by atoms with van der Waals surface area (Å²) in [6.07, 6.45) is 0. The molecule has 18 heavy (non-hydrogen) atoms. The lowest BCUT2D eigenvalue weighted by atomic mass is 10.3. The number of rotatable bonds is 4. The summed E-state index contributed by atoms with van der Waals surface area (Å²) in [7, 11) is 0. The number of hydrogen-bond donors (Lipinski definition) is 1. The number of anilines is 1. The first-order valence-electron chi connectivity index (χ1n) is 5.83. The predicted octanol–water partition coefficient (Wildman–Crippen LogP) is 4.24. The van der Waals surface area contributed by atoms with Gasteiger partial charge in [0.1, 0.15) is 0 Å². The van der Waals surface area contributed by atoms with Gasteiger partial charge in [-0.05, 0) is 41.9 Å². The Morgan fingerprint density at radius 2 is 2.11 bits per heavy atom. The second kappa shape index (κ2) is 5.76. The van der Waals surface area contributed by atoms with Crippen molar-refractivity contribution in [2.24, 2.45) is 0 Å². The molecule has 0 spiro atoms. The van der Waals surface area contributed by atoms with E-state index < -0.39 is 0 Å². The van der Waals surface area contributed by atoms with E-state index in [2.05, 4.69) is 33.3 Å². The van der Waals surface area contributed by atoms with Crippen LogP contribution in [0.5, 0.6) is 0 Å². The maximum Gasteiger partial charge on any atom is 0.0739 e. The van der Waals surface area contributed by atoms with Crippen LogP contribution in [0.3, 0.4) is 0 Å². The van der Waals surface area contributed by atoms with Crippen molar-refractivity contribution in [2.75, 3.05) is 5.32 Å². The van der Waals surface area contributed by atoms with Gasteiger partial charge in [0.05, 0.1) is 33.1 Å². The van der Waals surface area contributed by atoms with Gasteiger partial charge in [-0.15, -0.1) is 0 Å². The number of hydrogen-bond acceptors (Lipinski definition) is 2. The van der Waals surface area contributed by atoms with E-state index in [1.54, 1.807) is 0 Å². The first-order chi connectivity index (χ1) is 8.63. The second-order valence-electron chi connectivity index (χ2n) is 4.00. The molecule has 0 amide bonds. The van der Waals surface area contributed by atoms with Gasteiger partial charge >= 0.3 is 0 Å². The monoisotopic (exact) mass is 327 g/mol. The van der Waals surface area contributed by atoms with Crippen LogP contribution in [0.1, 0.15) is 18.3 Å². The molecule has 0 aliphatic carbocycles. The largest absolute Gasteiger partial charge is 0.378 e. The zero-order valence-corrected chi connectivity index (χ0v) is 12.7. The van der Waals surface area contributed by atoms with Gasteiger partial charge in [-0.1, -0.05) is 23.7 Å². The van der Waals surface area contributed by atoms with Crippen LogP contribution in [0.2, 0.25) is 5.02 Å². The number of aromatic nitrogens is 2. The van der Waals surface area contributed by atoms with Gasteiger partial charge in [0.2, 0.25) is 0 Å². The lowest BCUT2D eigenvalue weighted by Gasteiger charge is -2.10. The molecule has 0 aliphatic rings. The second-order valence-corrected chi connectivity index (χ2v) is 5.20. The molecule has 0 radical (unpaired) electrons.